The van der Waals surface area contributed by atoms with Crippen LogP contribution in [0.4, 0.5) is 0 Å². The van der Waals surface area contributed by atoms with Gasteiger partial charge in [-0.25, -0.2) is 4.98 Å². The van der Waals surface area contributed by atoms with Gasteiger partial charge in [-0.05, 0) is 22.8 Å². The Kier molecular flexibility index (Phi) is 3.35. The van der Waals surface area contributed by atoms with Gasteiger partial charge in [-0.1, -0.05) is 54.6 Å². The number of fused-ring (bicyclic) bond motifs is 1. The summed E-state index contributed by atoms with van der Waals surface area (Å²) in [6.45, 7) is 0. The molecule has 0 bridgehead atoms. The lowest BCUT2D eigenvalue weighted by molar-refractivity contribution is -0.255. The van der Waals surface area contributed by atoms with Gasteiger partial charge in [-0.2, -0.15) is 0 Å². The first-order chi connectivity index (χ1) is 11.7. The molecule has 4 aromatic rings. The molecule has 2 heterocycles. The van der Waals surface area contributed by atoms with Crippen molar-refractivity contribution in [3.05, 3.63) is 78.6 Å². The van der Waals surface area contributed by atoms with E-state index in [0.717, 1.165) is 33.3 Å². The van der Waals surface area contributed by atoms with Crippen LogP contribution in [0.2, 0.25) is 0 Å². The zero-order valence-electron chi connectivity index (χ0n) is 12.7. The van der Waals surface area contributed by atoms with Crippen molar-refractivity contribution in [2.24, 2.45) is 0 Å². The highest BCUT2D eigenvalue weighted by Crippen LogP contribution is 2.31. The number of benzene rings is 2. The summed E-state index contributed by atoms with van der Waals surface area (Å²) in [5.41, 5.74) is 5.02. The minimum absolute atomic E-state index is 0.168. The maximum Gasteiger partial charge on any atom is 0.137 e. The third kappa shape index (κ3) is 2.44. The summed E-state index contributed by atoms with van der Waals surface area (Å²) in [4.78, 5) is 18.5. The van der Waals surface area contributed by atoms with Crippen LogP contribution in [0, 0.1) is 0 Å². The molecule has 0 atom stereocenters. The molecule has 0 fully saturated rings. The second-order valence-electron chi connectivity index (χ2n) is 5.55. The molecule has 0 radical (unpaired) electrons. The van der Waals surface area contributed by atoms with Gasteiger partial charge in [-0.15, -0.1) is 0 Å². The quantitative estimate of drug-likeness (QED) is 0.631. The van der Waals surface area contributed by atoms with E-state index in [-0.39, 0.29) is 5.56 Å². The molecule has 4 nitrogen and oxygen atoms in total. The minimum Gasteiger partial charge on any atom is -0.545 e. The van der Waals surface area contributed by atoms with Crippen molar-refractivity contribution in [1.82, 2.24) is 9.97 Å². The second kappa shape index (κ2) is 5.66. The van der Waals surface area contributed by atoms with Gasteiger partial charge in [0, 0.05) is 28.9 Å². The Labute approximate surface area is 138 Å². The highest BCUT2D eigenvalue weighted by molar-refractivity contribution is 5.96. The Morgan fingerprint density at radius 3 is 2.38 bits per heavy atom. The van der Waals surface area contributed by atoms with Crippen LogP contribution in [0.1, 0.15) is 10.4 Å². The average Bonchev–Trinajstić information content (AvgIpc) is 3.05. The Morgan fingerprint density at radius 1 is 0.917 bits per heavy atom. The molecule has 2 aromatic heterocycles. The number of carboxylic acids is 1. The van der Waals surface area contributed by atoms with Crippen molar-refractivity contribution in [2.45, 2.75) is 0 Å². The first kappa shape index (κ1) is 14.2. The van der Waals surface area contributed by atoms with Gasteiger partial charge in [0.1, 0.15) is 5.65 Å². The predicted octanol–water partition coefficient (Wildman–Crippen LogP) is 3.26. The molecular weight excluding hydrogens is 300 g/mol. The van der Waals surface area contributed by atoms with Crippen molar-refractivity contribution in [1.29, 1.82) is 0 Å². The number of aromatic nitrogens is 2. The van der Waals surface area contributed by atoms with E-state index in [0.29, 0.717) is 0 Å². The van der Waals surface area contributed by atoms with Crippen LogP contribution < -0.4 is 5.11 Å². The smallest absolute Gasteiger partial charge is 0.137 e. The number of carbonyl (C=O) groups excluding carboxylic acids is 1. The van der Waals surface area contributed by atoms with Crippen LogP contribution in [0.15, 0.2) is 73.1 Å². The first-order valence-electron chi connectivity index (χ1n) is 7.57. The van der Waals surface area contributed by atoms with Gasteiger partial charge in [0.15, 0.2) is 0 Å². The molecule has 1 N–H and O–H groups in total. The van der Waals surface area contributed by atoms with Gasteiger partial charge >= 0.3 is 0 Å². The average molecular weight is 313 g/mol. The number of carboxylic acid groups (broad SMARTS) is 1. The molecule has 116 valence electrons. The molecule has 0 aliphatic rings. The van der Waals surface area contributed by atoms with Crippen molar-refractivity contribution in [3.8, 4) is 22.3 Å². The van der Waals surface area contributed by atoms with Crippen molar-refractivity contribution in [2.75, 3.05) is 0 Å². The minimum atomic E-state index is -1.17. The number of pyridine rings is 1. The van der Waals surface area contributed by atoms with Gasteiger partial charge < -0.3 is 14.9 Å². The molecule has 4 heteroatoms. The number of aromatic carboxylic acids is 1. The van der Waals surface area contributed by atoms with E-state index < -0.39 is 5.97 Å². The first-order valence-corrected chi connectivity index (χ1v) is 7.57. The summed E-state index contributed by atoms with van der Waals surface area (Å²) in [6.07, 6.45) is 3.73. The fourth-order valence-electron chi connectivity index (χ4n) is 2.82. The van der Waals surface area contributed by atoms with Gasteiger partial charge in [0.05, 0.1) is 5.97 Å². The standard InChI is InChI=1S/C20H14N2O2/c23-20(24)15-8-6-14(7-9-15)18-12-22-19-17(18)10-16(11-21-19)13-4-2-1-3-5-13/h1-12H,(H,21,22)(H,23,24)/p-1. The maximum atomic E-state index is 10.9. The van der Waals surface area contributed by atoms with E-state index in [4.69, 9.17) is 0 Å². The Balaban J connectivity index is 1.83. The van der Waals surface area contributed by atoms with E-state index in [1.54, 1.807) is 24.3 Å². The van der Waals surface area contributed by atoms with Crippen molar-refractivity contribution >= 4 is 17.0 Å². The third-order valence-corrected chi connectivity index (χ3v) is 4.07. The summed E-state index contributed by atoms with van der Waals surface area (Å²) < 4.78 is 0. The van der Waals surface area contributed by atoms with Gasteiger partial charge in [-0.3, -0.25) is 0 Å². The normalized spacial score (nSPS) is 10.8. The summed E-state index contributed by atoms with van der Waals surface area (Å²) in [6, 6.07) is 18.8. The second-order valence-corrected chi connectivity index (χ2v) is 5.55. The predicted molar refractivity (Wildman–Crippen MR) is 91.3 cm³/mol. The fraction of sp³-hybridized carbons (Fsp3) is 0. The van der Waals surface area contributed by atoms with E-state index in [2.05, 4.69) is 16.0 Å². The van der Waals surface area contributed by atoms with E-state index >= 15 is 0 Å². The third-order valence-electron chi connectivity index (χ3n) is 4.07. The number of nitrogens with zero attached hydrogens (tertiary/aromatic N) is 1. The molecule has 0 saturated heterocycles. The molecule has 24 heavy (non-hydrogen) atoms. The zero-order chi connectivity index (χ0) is 16.5. The van der Waals surface area contributed by atoms with E-state index in [1.165, 1.54) is 0 Å². The number of aromatic amines is 1. The molecule has 4 rings (SSSR count). The monoisotopic (exact) mass is 313 g/mol. The molecule has 2 aromatic carbocycles. The van der Waals surface area contributed by atoms with Crippen LogP contribution >= 0.6 is 0 Å². The maximum absolute atomic E-state index is 10.9. The lowest BCUT2D eigenvalue weighted by Gasteiger charge is -2.05. The molecule has 0 unspecified atom stereocenters. The zero-order valence-corrected chi connectivity index (χ0v) is 12.7. The number of carbonyl (C=O) groups is 1. The van der Waals surface area contributed by atoms with Crippen LogP contribution in [-0.4, -0.2) is 15.9 Å². The summed E-state index contributed by atoms with van der Waals surface area (Å²) in [7, 11) is 0. The largest absolute Gasteiger partial charge is 0.545 e. The molecular formula is C20H13N2O2-. The number of hydrogen-bond acceptors (Lipinski definition) is 3. The molecule has 0 amide bonds. The lowest BCUT2D eigenvalue weighted by Crippen LogP contribution is -2.21. The van der Waals surface area contributed by atoms with Gasteiger partial charge in [0.25, 0.3) is 0 Å². The summed E-state index contributed by atoms with van der Waals surface area (Å²) in [5, 5.41) is 11.9. The fourth-order valence-corrected chi connectivity index (χ4v) is 2.82. The van der Waals surface area contributed by atoms with Crippen molar-refractivity contribution in [3.63, 3.8) is 0 Å². The summed E-state index contributed by atoms with van der Waals surface area (Å²) in [5.74, 6) is -1.17. The van der Waals surface area contributed by atoms with Crippen molar-refractivity contribution < 1.29 is 9.90 Å². The van der Waals surface area contributed by atoms with Crippen LogP contribution in [0.5, 0.6) is 0 Å². The highest BCUT2D eigenvalue weighted by Gasteiger charge is 2.09. The van der Waals surface area contributed by atoms with Gasteiger partial charge in [0.2, 0.25) is 0 Å². The summed E-state index contributed by atoms with van der Waals surface area (Å²) >= 11 is 0. The number of nitrogens with one attached hydrogen (secondary N) is 1. The molecule has 0 aliphatic carbocycles. The van der Waals surface area contributed by atoms with Crippen LogP contribution in [0.3, 0.4) is 0 Å². The number of rotatable bonds is 3. The number of hydrogen-bond donors (Lipinski definition) is 1. The molecule has 0 saturated carbocycles. The van der Waals surface area contributed by atoms with Crippen LogP contribution in [-0.2, 0) is 0 Å². The number of H-pyrrole nitrogens is 1. The van der Waals surface area contributed by atoms with Crippen LogP contribution in [0.25, 0.3) is 33.3 Å². The Hall–Kier alpha value is -3.40. The Morgan fingerprint density at radius 2 is 1.67 bits per heavy atom. The SMILES string of the molecule is O=C([O-])c1ccc(-c2c[nH]c3ncc(-c4ccccc4)cc23)cc1. The topological polar surface area (TPSA) is 68.8 Å². The lowest BCUT2D eigenvalue weighted by atomic mass is 10.0. The Bertz CT molecular complexity index is 1020. The van der Waals surface area contributed by atoms with E-state index in [9.17, 15) is 9.90 Å². The molecule has 0 spiro atoms. The molecule has 0 aliphatic heterocycles. The highest BCUT2D eigenvalue weighted by atomic mass is 16.4. The van der Waals surface area contributed by atoms with E-state index in [1.807, 2.05) is 42.7 Å².